The zero-order valence-electron chi connectivity index (χ0n) is 14.1. The summed E-state index contributed by atoms with van der Waals surface area (Å²) in [5, 5.41) is 10.4. The molecule has 2 aromatic carbocycles. The van der Waals surface area contributed by atoms with Crippen molar-refractivity contribution in [3.8, 4) is 11.5 Å². The van der Waals surface area contributed by atoms with Crippen LogP contribution in [0.5, 0.6) is 0 Å². The Morgan fingerprint density at radius 2 is 1.74 bits per heavy atom. The van der Waals surface area contributed by atoms with Crippen molar-refractivity contribution in [1.29, 1.82) is 0 Å². The van der Waals surface area contributed by atoms with Crippen molar-refractivity contribution < 1.29 is 17.6 Å². The van der Waals surface area contributed by atoms with Crippen molar-refractivity contribution in [3.63, 3.8) is 0 Å². The molecule has 0 fully saturated rings. The van der Waals surface area contributed by atoms with Gasteiger partial charge in [-0.15, -0.1) is 5.10 Å². The van der Waals surface area contributed by atoms with E-state index >= 15 is 0 Å². The zero-order valence-corrected chi connectivity index (χ0v) is 15.7. The van der Waals surface area contributed by atoms with Gasteiger partial charge in [0.25, 0.3) is 5.89 Å². The van der Waals surface area contributed by atoms with E-state index in [4.69, 9.17) is 16.0 Å². The molecule has 0 unspecified atom stereocenters. The van der Waals surface area contributed by atoms with Crippen LogP contribution in [0.4, 0.5) is 6.01 Å². The van der Waals surface area contributed by atoms with Crippen molar-refractivity contribution in [2.24, 2.45) is 0 Å². The third-order valence-electron chi connectivity index (χ3n) is 3.65. The number of benzene rings is 2. The van der Waals surface area contributed by atoms with E-state index in [0.717, 1.165) is 0 Å². The van der Waals surface area contributed by atoms with E-state index in [2.05, 4.69) is 15.5 Å². The number of aromatic nitrogens is 2. The van der Waals surface area contributed by atoms with Gasteiger partial charge in [0.05, 0.1) is 22.1 Å². The molecule has 0 bridgehead atoms. The monoisotopic (exact) mass is 405 g/mol. The molecular formula is C18H16ClN3O4S. The molecule has 0 atom stereocenters. The topological polar surface area (TPSA) is 102 Å². The second kappa shape index (κ2) is 8.32. The molecule has 140 valence electrons. The molecule has 7 nitrogen and oxygen atoms in total. The van der Waals surface area contributed by atoms with Crippen LogP contribution >= 0.6 is 11.6 Å². The molecule has 27 heavy (non-hydrogen) atoms. The zero-order chi connectivity index (χ0) is 19.3. The maximum atomic E-state index is 12.1. The number of hydrogen-bond acceptors (Lipinski definition) is 6. The van der Waals surface area contributed by atoms with E-state index in [1.165, 1.54) is 0 Å². The lowest BCUT2D eigenvalue weighted by Crippen LogP contribution is -2.18. The number of rotatable bonds is 7. The summed E-state index contributed by atoms with van der Waals surface area (Å²) in [7, 11) is -3.41. The van der Waals surface area contributed by atoms with Gasteiger partial charge in [0.1, 0.15) is 0 Å². The first-order valence-corrected chi connectivity index (χ1v) is 10.3. The van der Waals surface area contributed by atoms with E-state index < -0.39 is 15.7 Å². The SMILES string of the molecule is O=C(CCS(=O)(=O)Cc1ccccc1)Nc1nnc(-c2ccccc2Cl)o1. The largest absolute Gasteiger partial charge is 0.403 e. The van der Waals surface area contributed by atoms with Gasteiger partial charge in [0, 0.05) is 6.42 Å². The number of anilines is 1. The van der Waals surface area contributed by atoms with E-state index in [-0.39, 0.29) is 29.8 Å². The number of halogens is 1. The summed E-state index contributed by atoms with van der Waals surface area (Å²) in [6.07, 6.45) is -0.209. The van der Waals surface area contributed by atoms with Crippen molar-refractivity contribution in [2.75, 3.05) is 11.1 Å². The molecule has 0 aliphatic heterocycles. The van der Waals surface area contributed by atoms with E-state index in [9.17, 15) is 13.2 Å². The molecule has 1 aromatic heterocycles. The standard InChI is InChI=1S/C18H16ClN3O4S/c19-15-9-5-4-8-14(15)17-21-22-18(26-17)20-16(23)10-11-27(24,25)12-13-6-2-1-3-7-13/h1-9H,10-12H2,(H,20,22,23). The van der Waals surface area contributed by atoms with Crippen LogP contribution in [0.25, 0.3) is 11.5 Å². The van der Waals surface area contributed by atoms with Gasteiger partial charge in [-0.1, -0.05) is 59.2 Å². The van der Waals surface area contributed by atoms with Gasteiger partial charge in [-0.3, -0.25) is 10.1 Å². The summed E-state index contributed by atoms with van der Waals surface area (Å²) >= 11 is 6.06. The lowest BCUT2D eigenvalue weighted by Gasteiger charge is -2.04. The van der Waals surface area contributed by atoms with Gasteiger partial charge in [-0.25, -0.2) is 8.42 Å². The van der Waals surface area contributed by atoms with Crippen LogP contribution < -0.4 is 5.32 Å². The van der Waals surface area contributed by atoms with Crippen LogP contribution in [0.3, 0.4) is 0 Å². The minimum atomic E-state index is -3.41. The Balaban J connectivity index is 1.56. The summed E-state index contributed by atoms with van der Waals surface area (Å²) < 4.78 is 29.6. The molecule has 0 saturated carbocycles. The Labute approximate surface area is 161 Å². The molecular weight excluding hydrogens is 390 g/mol. The molecule has 0 spiro atoms. The van der Waals surface area contributed by atoms with Crippen LogP contribution in [0.2, 0.25) is 5.02 Å². The number of carbonyl (C=O) groups is 1. The highest BCUT2D eigenvalue weighted by Gasteiger charge is 2.17. The minimum Gasteiger partial charge on any atom is -0.403 e. The molecule has 3 rings (SSSR count). The number of hydrogen-bond donors (Lipinski definition) is 1. The van der Waals surface area contributed by atoms with Crippen LogP contribution in [-0.2, 0) is 20.4 Å². The predicted molar refractivity (Wildman–Crippen MR) is 102 cm³/mol. The minimum absolute atomic E-state index is 0.113. The van der Waals surface area contributed by atoms with E-state index in [1.54, 1.807) is 48.5 Å². The number of carbonyl (C=O) groups excluding carboxylic acids is 1. The second-order valence-corrected chi connectivity index (χ2v) is 8.36. The maximum Gasteiger partial charge on any atom is 0.322 e. The Hall–Kier alpha value is -2.71. The number of nitrogens with zero attached hydrogens (tertiary/aromatic N) is 2. The van der Waals surface area contributed by atoms with Crippen LogP contribution in [-0.4, -0.2) is 30.3 Å². The molecule has 0 saturated heterocycles. The number of amides is 1. The Morgan fingerprint density at radius 1 is 1.04 bits per heavy atom. The molecule has 1 amide bonds. The third kappa shape index (κ3) is 5.38. The van der Waals surface area contributed by atoms with Gasteiger partial charge in [0.2, 0.25) is 5.91 Å². The average molecular weight is 406 g/mol. The maximum absolute atomic E-state index is 12.1. The van der Waals surface area contributed by atoms with Crippen LogP contribution in [0.15, 0.2) is 59.0 Å². The third-order valence-corrected chi connectivity index (χ3v) is 5.57. The smallest absolute Gasteiger partial charge is 0.322 e. The Morgan fingerprint density at radius 3 is 2.48 bits per heavy atom. The summed E-state index contributed by atoms with van der Waals surface area (Å²) in [5.74, 6) is -0.758. The highest BCUT2D eigenvalue weighted by molar-refractivity contribution is 7.90. The first-order valence-electron chi connectivity index (χ1n) is 8.05. The van der Waals surface area contributed by atoms with Gasteiger partial charge in [-0.2, -0.15) is 0 Å². The molecule has 0 aliphatic carbocycles. The average Bonchev–Trinajstić information content (AvgIpc) is 3.09. The molecule has 0 radical (unpaired) electrons. The molecule has 1 N–H and O–H groups in total. The fraction of sp³-hybridized carbons (Fsp3) is 0.167. The van der Waals surface area contributed by atoms with Crippen molar-refractivity contribution in [1.82, 2.24) is 10.2 Å². The van der Waals surface area contributed by atoms with Gasteiger partial charge < -0.3 is 4.42 Å². The van der Waals surface area contributed by atoms with Gasteiger partial charge in [0.15, 0.2) is 9.84 Å². The van der Waals surface area contributed by atoms with Gasteiger partial charge in [-0.05, 0) is 17.7 Å². The van der Waals surface area contributed by atoms with Gasteiger partial charge >= 0.3 is 6.01 Å². The van der Waals surface area contributed by atoms with Crippen molar-refractivity contribution >= 4 is 33.4 Å². The highest BCUT2D eigenvalue weighted by Crippen LogP contribution is 2.27. The molecule has 9 heteroatoms. The summed E-state index contributed by atoms with van der Waals surface area (Å²) in [6.45, 7) is 0. The second-order valence-electron chi connectivity index (χ2n) is 5.77. The molecule has 0 aliphatic rings. The molecule has 3 aromatic rings. The fourth-order valence-corrected chi connectivity index (χ4v) is 3.91. The Kier molecular flexibility index (Phi) is 5.88. The quantitative estimate of drug-likeness (QED) is 0.646. The van der Waals surface area contributed by atoms with E-state index in [1.807, 2.05) is 6.07 Å². The normalized spacial score (nSPS) is 11.3. The Bertz CT molecular complexity index is 1040. The lowest BCUT2D eigenvalue weighted by atomic mass is 10.2. The van der Waals surface area contributed by atoms with E-state index in [0.29, 0.717) is 16.1 Å². The van der Waals surface area contributed by atoms with Crippen LogP contribution in [0, 0.1) is 0 Å². The highest BCUT2D eigenvalue weighted by atomic mass is 35.5. The lowest BCUT2D eigenvalue weighted by molar-refractivity contribution is -0.115. The fourth-order valence-electron chi connectivity index (χ4n) is 2.35. The van der Waals surface area contributed by atoms with Crippen molar-refractivity contribution in [2.45, 2.75) is 12.2 Å². The van der Waals surface area contributed by atoms with Crippen molar-refractivity contribution in [3.05, 3.63) is 65.2 Å². The summed E-state index contributed by atoms with van der Waals surface area (Å²) in [6, 6.07) is 15.6. The first-order chi connectivity index (χ1) is 12.9. The molecule has 1 heterocycles. The number of sulfone groups is 1. The first kappa shape index (κ1) is 19.1. The summed E-state index contributed by atoms with van der Waals surface area (Å²) in [4.78, 5) is 12.0. The summed E-state index contributed by atoms with van der Waals surface area (Å²) in [5.41, 5.74) is 1.22. The predicted octanol–water partition coefficient (Wildman–Crippen LogP) is 3.33. The van der Waals surface area contributed by atoms with Crippen LogP contribution in [0.1, 0.15) is 12.0 Å². The number of nitrogens with one attached hydrogen (secondary N) is 1.